The molecule has 1 aromatic rings. The average Bonchev–Trinajstić information content (AvgIpc) is 2.73. The lowest BCUT2D eigenvalue weighted by Crippen LogP contribution is -2.37. The summed E-state index contributed by atoms with van der Waals surface area (Å²) in [6.45, 7) is 2.10. The number of nitrogens with zero attached hydrogens (tertiary/aromatic N) is 1. The molecule has 1 saturated heterocycles. The van der Waals surface area contributed by atoms with Gasteiger partial charge in [0.25, 0.3) is 0 Å². The Morgan fingerprint density at radius 1 is 1.11 bits per heavy atom. The first-order valence-corrected chi connectivity index (χ1v) is 8.23. The highest BCUT2D eigenvalue weighted by atomic mass is 32.2. The van der Waals surface area contributed by atoms with Crippen LogP contribution in [0.5, 0.6) is 0 Å². The summed E-state index contributed by atoms with van der Waals surface area (Å²) in [6, 6.07) is 7.31. The third-order valence-corrected chi connectivity index (χ3v) is 5.82. The Morgan fingerprint density at radius 2 is 1.84 bits per heavy atom. The maximum absolute atomic E-state index is 12.2. The lowest BCUT2D eigenvalue weighted by Gasteiger charge is -2.40. The van der Waals surface area contributed by atoms with Crippen molar-refractivity contribution >= 4 is 15.4 Å². The number of sulfone groups is 1. The zero-order valence-corrected chi connectivity index (χ0v) is 11.4. The highest BCUT2D eigenvalue weighted by molar-refractivity contribution is 7.95. The molecule has 0 spiro atoms. The van der Waals surface area contributed by atoms with Crippen LogP contribution in [0.1, 0.15) is 18.4 Å². The summed E-state index contributed by atoms with van der Waals surface area (Å²) in [5.74, 6) is 0.622. The number of benzene rings is 1. The van der Waals surface area contributed by atoms with Gasteiger partial charge in [0.1, 0.15) is 0 Å². The number of allylic oxidation sites excluding steroid dienone is 2. The molecule has 0 aromatic heterocycles. The molecule has 1 fully saturated rings. The van der Waals surface area contributed by atoms with Crippen LogP contribution in [-0.2, 0) is 9.84 Å². The van der Waals surface area contributed by atoms with E-state index in [1.54, 1.807) is 12.1 Å². The van der Waals surface area contributed by atoms with Gasteiger partial charge in [0.15, 0.2) is 0 Å². The van der Waals surface area contributed by atoms with E-state index >= 15 is 0 Å². The molecular weight excluding hydrogens is 258 g/mol. The van der Waals surface area contributed by atoms with Gasteiger partial charge in [-0.1, -0.05) is 24.3 Å². The van der Waals surface area contributed by atoms with Gasteiger partial charge in [-0.2, -0.15) is 0 Å². The maximum atomic E-state index is 12.2. The smallest absolute Gasteiger partial charge is 0.201 e. The Morgan fingerprint density at radius 3 is 2.53 bits per heavy atom. The predicted octanol–water partition coefficient (Wildman–Crippen LogP) is 2.42. The molecule has 2 bridgehead atoms. The van der Waals surface area contributed by atoms with Gasteiger partial charge in [0, 0.05) is 35.3 Å². The van der Waals surface area contributed by atoms with Crippen LogP contribution in [0.2, 0.25) is 0 Å². The Balaban J connectivity index is 1.90. The van der Waals surface area contributed by atoms with Gasteiger partial charge in [-0.15, -0.1) is 0 Å². The summed E-state index contributed by atoms with van der Waals surface area (Å²) in [4.78, 5) is 2.78. The van der Waals surface area contributed by atoms with Crippen molar-refractivity contribution in [1.82, 2.24) is 4.90 Å². The van der Waals surface area contributed by atoms with Crippen LogP contribution < -0.4 is 0 Å². The van der Waals surface area contributed by atoms with Gasteiger partial charge in [-0.3, -0.25) is 0 Å². The molecule has 4 heterocycles. The third-order valence-electron chi connectivity index (χ3n) is 4.31. The van der Waals surface area contributed by atoms with Gasteiger partial charge in [-0.25, -0.2) is 8.42 Å². The lowest BCUT2D eigenvalue weighted by atomic mass is 9.87. The van der Waals surface area contributed by atoms with E-state index in [0.717, 1.165) is 29.9 Å². The first-order valence-electron chi connectivity index (χ1n) is 6.68. The SMILES string of the molecule is O=S1(=O)C=C(C2=CC3CCN2CC3)c2ccccc21. The molecule has 0 radical (unpaired) electrons. The average molecular weight is 273 g/mol. The molecule has 5 rings (SSSR count). The second kappa shape index (κ2) is 3.73. The molecule has 0 unspecified atom stereocenters. The summed E-state index contributed by atoms with van der Waals surface area (Å²) < 4.78 is 24.4. The zero-order chi connectivity index (χ0) is 13.0. The fourth-order valence-corrected chi connectivity index (χ4v) is 4.75. The molecule has 0 atom stereocenters. The highest BCUT2D eigenvalue weighted by Crippen LogP contribution is 2.42. The molecule has 0 saturated carbocycles. The Hall–Kier alpha value is -1.55. The topological polar surface area (TPSA) is 37.4 Å². The third kappa shape index (κ3) is 1.59. The highest BCUT2D eigenvalue weighted by Gasteiger charge is 2.34. The van der Waals surface area contributed by atoms with E-state index in [1.807, 2.05) is 12.1 Å². The van der Waals surface area contributed by atoms with Crippen LogP contribution in [0.25, 0.3) is 5.57 Å². The minimum atomic E-state index is -3.25. The maximum Gasteiger partial charge on any atom is 0.201 e. The molecule has 3 nitrogen and oxygen atoms in total. The first kappa shape index (κ1) is 11.3. The van der Waals surface area contributed by atoms with E-state index in [1.165, 1.54) is 18.2 Å². The molecule has 0 N–H and O–H groups in total. The van der Waals surface area contributed by atoms with Crippen molar-refractivity contribution in [2.75, 3.05) is 13.1 Å². The van der Waals surface area contributed by atoms with Crippen molar-refractivity contribution < 1.29 is 8.42 Å². The second-order valence-electron chi connectivity index (χ2n) is 5.45. The van der Waals surface area contributed by atoms with Gasteiger partial charge >= 0.3 is 0 Å². The zero-order valence-electron chi connectivity index (χ0n) is 10.5. The van der Waals surface area contributed by atoms with E-state index in [-0.39, 0.29) is 0 Å². The Kier molecular flexibility index (Phi) is 2.22. The number of hydrogen-bond donors (Lipinski definition) is 0. The monoisotopic (exact) mass is 273 g/mol. The van der Waals surface area contributed by atoms with Gasteiger partial charge in [0.2, 0.25) is 9.84 Å². The normalized spacial score (nSPS) is 24.1. The van der Waals surface area contributed by atoms with Crippen LogP contribution in [-0.4, -0.2) is 26.4 Å². The molecular formula is C15H15NO2S. The summed E-state index contributed by atoms with van der Waals surface area (Å²) in [5, 5.41) is 1.45. The van der Waals surface area contributed by atoms with Crippen molar-refractivity contribution in [3.63, 3.8) is 0 Å². The standard InChI is InChI=1S/C15H15NO2S/c17-19(18)10-13(12-3-1-2-4-15(12)19)14-9-11-5-7-16(14)8-6-11/h1-4,9-11H,5-8H2. The minimum Gasteiger partial charge on any atom is -0.371 e. The van der Waals surface area contributed by atoms with E-state index in [4.69, 9.17) is 0 Å². The molecule has 0 amide bonds. The van der Waals surface area contributed by atoms with Crippen LogP contribution >= 0.6 is 0 Å². The summed E-state index contributed by atoms with van der Waals surface area (Å²) >= 11 is 0. The molecule has 4 aliphatic heterocycles. The van der Waals surface area contributed by atoms with Crippen LogP contribution in [0.15, 0.2) is 46.3 Å². The van der Waals surface area contributed by atoms with Crippen molar-refractivity contribution in [1.29, 1.82) is 0 Å². The second-order valence-corrected chi connectivity index (χ2v) is 7.21. The number of piperidine rings is 1. The number of fused-ring (bicyclic) bond motifs is 3. The molecule has 4 aliphatic rings. The van der Waals surface area contributed by atoms with E-state index < -0.39 is 9.84 Å². The van der Waals surface area contributed by atoms with E-state index in [2.05, 4.69) is 11.0 Å². The summed E-state index contributed by atoms with van der Waals surface area (Å²) in [7, 11) is -3.25. The largest absolute Gasteiger partial charge is 0.371 e. The lowest BCUT2D eigenvalue weighted by molar-refractivity contribution is 0.229. The predicted molar refractivity (Wildman–Crippen MR) is 74.0 cm³/mol. The fourth-order valence-electron chi connectivity index (χ4n) is 3.31. The van der Waals surface area contributed by atoms with E-state index in [0.29, 0.717) is 10.8 Å². The Bertz CT molecular complexity index is 707. The molecule has 0 aliphatic carbocycles. The van der Waals surface area contributed by atoms with Crippen molar-refractivity contribution in [3.05, 3.63) is 47.0 Å². The van der Waals surface area contributed by atoms with Crippen molar-refractivity contribution in [2.24, 2.45) is 5.92 Å². The molecule has 4 heteroatoms. The van der Waals surface area contributed by atoms with Crippen LogP contribution in [0.3, 0.4) is 0 Å². The summed E-state index contributed by atoms with van der Waals surface area (Å²) in [5.41, 5.74) is 2.87. The van der Waals surface area contributed by atoms with Gasteiger partial charge in [0.05, 0.1) is 4.90 Å². The van der Waals surface area contributed by atoms with Crippen LogP contribution in [0.4, 0.5) is 0 Å². The quantitative estimate of drug-likeness (QED) is 0.788. The van der Waals surface area contributed by atoms with Gasteiger partial charge < -0.3 is 4.90 Å². The first-order chi connectivity index (χ1) is 9.15. The molecule has 98 valence electrons. The van der Waals surface area contributed by atoms with Crippen molar-refractivity contribution in [3.8, 4) is 0 Å². The fraction of sp³-hybridized carbons (Fsp3) is 0.333. The van der Waals surface area contributed by atoms with Gasteiger partial charge in [-0.05, 0) is 24.8 Å². The molecule has 19 heavy (non-hydrogen) atoms. The number of rotatable bonds is 1. The summed E-state index contributed by atoms with van der Waals surface area (Å²) in [6.07, 6.45) is 4.66. The van der Waals surface area contributed by atoms with E-state index in [9.17, 15) is 8.42 Å². The minimum absolute atomic E-state index is 0.452. The van der Waals surface area contributed by atoms with Crippen LogP contribution in [0, 0.1) is 5.92 Å². The molecule has 1 aromatic carbocycles. The van der Waals surface area contributed by atoms with Crippen molar-refractivity contribution in [2.45, 2.75) is 17.7 Å². The number of hydrogen-bond acceptors (Lipinski definition) is 3. The Labute approximate surface area is 113 Å².